The maximum absolute atomic E-state index is 4.62. The minimum atomic E-state index is 0.481. The molecule has 1 atom stereocenters. The minimum absolute atomic E-state index is 0.481. The predicted molar refractivity (Wildman–Crippen MR) is 77.5 cm³/mol. The lowest BCUT2D eigenvalue weighted by Gasteiger charge is -2.07. The summed E-state index contributed by atoms with van der Waals surface area (Å²) in [5.41, 5.74) is 3.61. The van der Waals surface area contributed by atoms with Crippen molar-refractivity contribution >= 4 is 0 Å². The number of nitrogens with zero attached hydrogens (tertiary/aromatic N) is 2. The third-order valence-corrected chi connectivity index (χ3v) is 3.62. The van der Waals surface area contributed by atoms with Crippen LogP contribution in [0.4, 0.5) is 0 Å². The lowest BCUT2D eigenvalue weighted by atomic mass is 10.0. The molecule has 0 aliphatic rings. The third-order valence-electron chi connectivity index (χ3n) is 3.62. The van der Waals surface area contributed by atoms with E-state index in [1.54, 1.807) is 0 Å². The predicted octanol–water partition coefficient (Wildman–Crippen LogP) is 3.61. The maximum Gasteiger partial charge on any atom is 0.106 e. The quantitative estimate of drug-likeness (QED) is 0.862. The zero-order valence-corrected chi connectivity index (χ0v) is 12.5. The van der Waals surface area contributed by atoms with Crippen LogP contribution in [-0.4, -0.2) is 19.9 Å². The van der Waals surface area contributed by atoms with Crippen LogP contribution in [0.1, 0.15) is 67.8 Å². The van der Waals surface area contributed by atoms with Gasteiger partial charge in [-0.15, -0.1) is 0 Å². The molecule has 0 saturated carbocycles. The maximum atomic E-state index is 4.62. The van der Waals surface area contributed by atoms with E-state index in [4.69, 9.17) is 0 Å². The first-order valence-electron chi connectivity index (χ1n) is 7.04. The second-order valence-corrected chi connectivity index (χ2v) is 5.70. The fourth-order valence-electron chi connectivity index (χ4n) is 2.42. The normalized spacial score (nSPS) is 13.2. The van der Waals surface area contributed by atoms with E-state index in [1.165, 1.54) is 11.4 Å². The van der Waals surface area contributed by atoms with Gasteiger partial charge < -0.3 is 9.97 Å². The topological polar surface area (TPSA) is 57.4 Å². The molecule has 0 aliphatic carbocycles. The number of aryl methyl sites for hydroxylation is 3. The molecular weight excluding hydrogens is 236 g/mol. The second-order valence-electron chi connectivity index (χ2n) is 5.70. The second kappa shape index (κ2) is 5.59. The Bertz CT molecular complexity index is 536. The number of H-pyrrole nitrogens is 2. The molecule has 2 aromatic rings. The number of hydrogen-bond acceptors (Lipinski definition) is 2. The minimum Gasteiger partial charge on any atom is -0.346 e. The van der Waals surface area contributed by atoms with Gasteiger partial charge in [-0.3, -0.25) is 0 Å². The SMILES string of the molecule is Cc1ncc(C(C)CCc2nc(C)c(C(C)C)[nH]2)[nH]1. The highest BCUT2D eigenvalue weighted by Gasteiger charge is 2.12. The van der Waals surface area contributed by atoms with Crippen molar-refractivity contribution in [2.75, 3.05) is 0 Å². The van der Waals surface area contributed by atoms with Crippen molar-refractivity contribution in [3.05, 3.63) is 34.9 Å². The van der Waals surface area contributed by atoms with E-state index >= 15 is 0 Å². The molecule has 2 rings (SSSR count). The summed E-state index contributed by atoms with van der Waals surface area (Å²) >= 11 is 0. The van der Waals surface area contributed by atoms with Crippen LogP contribution in [0, 0.1) is 13.8 Å². The lowest BCUT2D eigenvalue weighted by Crippen LogP contribution is -1.98. The molecule has 0 radical (unpaired) electrons. The largest absolute Gasteiger partial charge is 0.346 e. The van der Waals surface area contributed by atoms with E-state index in [0.717, 1.165) is 30.2 Å². The molecule has 4 heteroatoms. The summed E-state index contributed by atoms with van der Waals surface area (Å²) in [6.07, 6.45) is 3.99. The average molecular weight is 260 g/mol. The molecule has 0 aromatic carbocycles. The number of aromatic nitrogens is 4. The van der Waals surface area contributed by atoms with Crippen LogP contribution in [0.15, 0.2) is 6.20 Å². The average Bonchev–Trinajstić information content (AvgIpc) is 2.92. The van der Waals surface area contributed by atoms with E-state index in [9.17, 15) is 0 Å². The summed E-state index contributed by atoms with van der Waals surface area (Å²) in [4.78, 5) is 15.6. The van der Waals surface area contributed by atoms with E-state index in [-0.39, 0.29) is 0 Å². The van der Waals surface area contributed by atoms with Crippen molar-refractivity contribution in [3.63, 3.8) is 0 Å². The van der Waals surface area contributed by atoms with Gasteiger partial charge in [-0.05, 0) is 32.1 Å². The van der Waals surface area contributed by atoms with Crippen LogP contribution in [0.5, 0.6) is 0 Å². The van der Waals surface area contributed by atoms with Crippen molar-refractivity contribution in [1.29, 1.82) is 0 Å². The third kappa shape index (κ3) is 3.25. The van der Waals surface area contributed by atoms with E-state index < -0.39 is 0 Å². The van der Waals surface area contributed by atoms with Crippen molar-refractivity contribution in [3.8, 4) is 0 Å². The summed E-state index contributed by atoms with van der Waals surface area (Å²) in [6.45, 7) is 10.7. The van der Waals surface area contributed by atoms with Crippen molar-refractivity contribution in [1.82, 2.24) is 19.9 Å². The first kappa shape index (κ1) is 13.8. The molecule has 2 N–H and O–H groups in total. The lowest BCUT2D eigenvalue weighted by molar-refractivity contribution is 0.647. The van der Waals surface area contributed by atoms with E-state index in [1.807, 2.05) is 13.1 Å². The van der Waals surface area contributed by atoms with Crippen LogP contribution in [0.3, 0.4) is 0 Å². The number of imidazole rings is 2. The Morgan fingerprint density at radius 1 is 1.16 bits per heavy atom. The van der Waals surface area contributed by atoms with Crippen LogP contribution in [-0.2, 0) is 6.42 Å². The molecule has 104 valence electrons. The Kier molecular flexibility index (Phi) is 4.08. The van der Waals surface area contributed by atoms with Crippen molar-refractivity contribution in [2.24, 2.45) is 0 Å². The fourth-order valence-corrected chi connectivity index (χ4v) is 2.42. The number of hydrogen-bond donors (Lipinski definition) is 2. The summed E-state index contributed by atoms with van der Waals surface area (Å²) < 4.78 is 0. The van der Waals surface area contributed by atoms with Gasteiger partial charge in [0.1, 0.15) is 11.6 Å². The van der Waals surface area contributed by atoms with E-state index in [0.29, 0.717) is 11.8 Å². The smallest absolute Gasteiger partial charge is 0.106 e. The Morgan fingerprint density at radius 2 is 1.89 bits per heavy atom. The van der Waals surface area contributed by atoms with Crippen molar-refractivity contribution in [2.45, 2.75) is 59.3 Å². The van der Waals surface area contributed by atoms with Gasteiger partial charge in [0.05, 0.1) is 5.69 Å². The van der Waals surface area contributed by atoms with Gasteiger partial charge in [-0.1, -0.05) is 20.8 Å². The molecule has 0 bridgehead atoms. The number of nitrogens with one attached hydrogen (secondary N) is 2. The number of rotatable bonds is 5. The molecule has 4 nitrogen and oxygen atoms in total. The van der Waals surface area contributed by atoms with Crippen LogP contribution in [0.25, 0.3) is 0 Å². The molecule has 0 spiro atoms. The molecule has 0 aliphatic heterocycles. The standard InChI is InChI=1S/C15H24N4/c1-9(2)15-11(4)17-14(19-15)7-6-10(3)13-8-16-12(5)18-13/h8-10H,6-7H2,1-5H3,(H,16,18)(H,17,19). The summed E-state index contributed by atoms with van der Waals surface area (Å²) in [5, 5.41) is 0. The van der Waals surface area contributed by atoms with Crippen LogP contribution < -0.4 is 0 Å². The fraction of sp³-hybridized carbons (Fsp3) is 0.600. The first-order chi connectivity index (χ1) is 8.97. The molecule has 2 heterocycles. The Hall–Kier alpha value is -1.58. The highest BCUT2D eigenvalue weighted by molar-refractivity contribution is 5.17. The first-order valence-corrected chi connectivity index (χ1v) is 7.04. The molecule has 0 saturated heterocycles. The van der Waals surface area contributed by atoms with Crippen LogP contribution in [0.2, 0.25) is 0 Å². The van der Waals surface area contributed by atoms with Gasteiger partial charge in [-0.25, -0.2) is 9.97 Å². The molecule has 0 amide bonds. The van der Waals surface area contributed by atoms with Crippen LogP contribution >= 0.6 is 0 Å². The van der Waals surface area contributed by atoms with Gasteiger partial charge in [0.15, 0.2) is 0 Å². The van der Waals surface area contributed by atoms with Crippen molar-refractivity contribution < 1.29 is 0 Å². The summed E-state index contributed by atoms with van der Waals surface area (Å²) in [6, 6.07) is 0. The van der Waals surface area contributed by atoms with Gasteiger partial charge in [-0.2, -0.15) is 0 Å². The van der Waals surface area contributed by atoms with Gasteiger partial charge >= 0.3 is 0 Å². The zero-order chi connectivity index (χ0) is 14.0. The Balaban J connectivity index is 1.97. The molecule has 2 aromatic heterocycles. The molecule has 0 fully saturated rings. The molecule has 19 heavy (non-hydrogen) atoms. The monoisotopic (exact) mass is 260 g/mol. The summed E-state index contributed by atoms with van der Waals surface area (Å²) in [5.74, 6) is 3.07. The Labute approximate surface area is 115 Å². The summed E-state index contributed by atoms with van der Waals surface area (Å²) in [7, 11) is 0. The molecular formula is C15H24N4. The highest BCUT2D eigenvalue weighted by atomic mass is 14.9. The molecule has 1 unspecified atom stereocenters. The Morgan fingerprint density at radius 3 is 2.42 bits per heavy atom. The van der Waals surface area contributed by atoms with Gasteiger partial charge in [0, 0.05) is 24.0 Å². The van der Waals surface area contributed by atoms with E-state index in [2.05, 4.69) is 47.6 Å². The zero-order valence-electron chi connectivity index (χ0n) is 12.5. The number of aromatic amines is 2. The van der Waals surface area contributed by atoms with Gasteiger partial charge in [0.25, 0.3) is 0 Å². The van der Waals surface area contributed by atoms with Gasteiger partial charge in [0.2, 0.25) is 0 Å². The highest BCUT2D eigenvalue weighted by Crippen LogP contribution is 2.21.